The number of hydrogen-bond donors (Lipinski definition) is 2. The van der Waals surface area contributed by atoms with E-state index in [-0.39, 0.29) is 12.5 Å². The molecule has 4 N–H and O–H groups in total. The molecule has 0 radical (unpaired) electrons. The van der Waals surface area contributed by atoms with Gasteiger partial charge in [-0.1, -0.05) is 26.0 Å². The number of primary amides is 1. The van der Waals surface area contributed by atoms with Crippen LogP contribution in [0.5, 0.6) is 0 Å². The van der Waals surface area contributed by atoms with Gasteiger partial charge in [-0.15, -0.1) is 0 Å². The molecule has 6 nitrogen and oxygen atoms in total. The van der Waals surface area contributed by atoms with E-state index in [2.05, 4.69) is 9.36 Å². The first-order valence-corrected chi connectivity index (χ1v) is 7.44. The summed E-state index contributed by atoms with van der Waals surface area (Å²) in [6.07, 6.45) is 0. The van der Waals surface area contributed by atoms with Gasteiger partial charge in [-0.25, -0.2) is 4.98 Å². The first-order valence-electron chi connectivity index (χ1n) is 6.67. The van der Waals surface area contributed by atoms with Crippen LogP contribution in [0.1, 0.15) is 31.2 Å². The van der Waals surface area contributed by atoms with Gasteiger partial charge >= 0.3 is 0 Å². The predicted octanol–water partition coefficient (Wildman–Crippen LogP) is 1.74. The zero-order chi connectivity index (χ0) is 15.4. The molecule has 7 heteroatoms. The molecular weight excluding hydrogens is 286 g/mol. The number of nitrogens with two attached hydrogens (primary N) is 2. The quantitative estimate of drug-likeness (QED) is 0.792. The topological polar surface area (TPSA) is 98.1 Å². The van der Waals surface area contributed by atoms with Crippen LogP contribution >= 0.6 is 11.5 Å². The smallest absolute Gasteiger partial charge is 0.237 e. The molecule has 0 saturated carbocycles. The van der Waals surface area contributed by atoms with Crippen molar-refractivity contribution in [3.63, 3.8) is 0 Å². The van der Waals surface area contributed by atoms with Crippen LogP contribution in [0.15, 0.2) is 24.3 Å². The molecule has 0 aliphatic carbocycles. The summed E-state index contributed by atoms with van der Waals surface area (Å²) in [6, 6.07) is 7.51. The highest BCUT2D eigenvalue weighted by atomic mass is 32.1. The number of hydrogen-bond acceptors (Lipinski definition) is 6. The van der Waals surface area contributed by atoms with Gasteiger partial charge in [0.2, 0.25) is 11.0 Å². The second kappa shape index (κ2) is 6.53. The average Bonchev–Trinajstić information content (AvgIpc) is 2.90. The van der Waals surface area contributed by atoms with Crippen LogP contribution in [0.3, 0.4) is 0 Å². The minimum atomic E-state index is -0.397. The second-order valence-corrected chi connectivity index (χ2v) is 5.88. The molecule has 0 atom stereocenters. The second-order valence-electron chi connectivity index (χ2n) is 5.15. The minimum absolute atomic E-state index is 0.108. The summed E-state index contributed by atoms with van der Waals surface area (Å²) in [5.74, 6) is 0.635. The SMILES string of the molecule is CC(C)c1nsc(N(CC(N)=O)Cc2ccc(N)cc2)n1. The summed E-state index contributed by atoms with van der Waals surface area (Å²) in [5, 5.41) is 0.703. The van der Waals surface area contributed by atoms with Crippen LogP contribution in [0.4, 0.5) is 10.8 Å². The third kappa shape index (κ3) is 4.16. The number of benzene rings is 1. The van der Waals surface area contributed by atoms with Crippen molar-refractivity contribution in [2.45, 2.75) is 26.3 Å². The number of aromatic nitrogens is 2. The van der Waals surface area contributed by atoms with Gasteiger partial charge in [-0.05, 0) is 17.7 Å². The molecule has 0 aliphatic rings. The van der Waals surface area contributed by atoms with E-state index >= 15 is 0 Å². The van der Waals surface area contributed by atoms with E-state index in [0.717, 1.165) is 11.4 Å². The Labute approximate surface area is 128 Å². The van der Waals surface area contributed by atoms with E-state index in [0.29, 0.717) is 17.4 Å². The van der Waals surface area contributed by atoms with Gasteiger partial charge < -0.3 is 16.4 Å². The first-order chi connectivity index (χ1) is 9.95. The molecule has 0 bridgehead atoms. The van der Waals surface area contributed by atoms with Crippen molar-refractivity contribution in [3.8, 4) is 0 Å². The molecule has 21 heavy (non-hydrogen) atoms. The van der Waals surface area contributed by atoms with Crippen LogP contribution in [0.2, 0.25) is 0 Å². The van der Waals surface area contributed by atoms with Crippen molar-refractivity contribution in [2.75, 3.05) is 17.2 Å². The Kier molecular flexibility index (Phi) is 4.74. The van der Waals surface area contributed by atoms with Crippen molar-refractivity contribution in [3.05, 3.63) is 35.7 Å². The molecule has 1 heterocycles. The molecule has 2 aromatic rings. The minimum Gasteiger partial charge on any atom is -0.399 e. The Balaban J connectivity index is 2.20. The normalized spacial score (nSPS) is 10.8. The van der Waals surface area contributed by atoms with Crippen molar-refractivity contribution in [1.82, 2.24) is 9.36 Å². The molecule has 0 fully saturated rings. The zero-order valence-electron chi connectivity index (χ0n) is 12.1. The Bertz CT molecular complexity index is 608. The van der Waals surface area contributed by atoms with E-state index in [1.807, 2.05) is 43.0 Å². The van der Waals surface area contributed by atoms with Crippen molar-refractivity contribution in [2.24, 2.45) is 5.73 Å². The largest absolute Gasteiger partial charge is 0.399 e. The highest BCUT2D eigenvalue weighted by Crippen LogP contribution is 2.23. The maximum absolute atomic E-state index is 11.3. The van der Waals surface area contributed by atoms with Gasteiger partial charge in [0.1, 0.15) is 5.82 Å². The lowest BCUT2D eigenvalue weighted by atomic mass is 10.2. The molecule has 0 spiro atoms. The number of nitrogens with zero attached hydrogens (tertiary/aromatic N) is 3. The number of carbonyl (C=O) groups is 1. The van der Waals surface area contributed by atoms with Crippen molar-refractivity contribution >= 4 is 28.3 Å². The van der Waals surface area contributed by atoms with Gasteiger partial charge in [0.25, 0.3) is 0 Å². The van der Waals surface area contributed by atoms with Crippen LogP contribution in [0, 0.1) is 0 Å². The Morgan fingerprint density at radius 2 is 2.00 bits per heavy atom. The molecule has 112 valence electrons. The third-order valence-corrected chi connectivity index (χ3v) is 3.71. The zero-order valence-corrected chi connectivity index (χ0v) is 12.9. The summed E-state index contributed by atoms with van der Waals surface area (Å²) in [6.45, 7) is 4.71. The lowest BCUT2D eigenvalue weighted by Gasteiger charge is -2.19. The van der Waals surface area contributed by atoms with Gasteiger partial charge in [0, 0.05) is 29.7 Å². The number of carbonyl (C=O) groups excluding carboxylic acids is 1. The average molecular weight is 305 g/mol. The summed E-state index contributed by atoms with van der Waals surface area (Å²) in [5.41, 5.74) is 12.7. The highest BCUT2D eigenvalue weighted by molar-refractivity contribution is 7.09. The van der Waals surface area contributed by atoms with E-state index in [4.69, 9.17) is 11.5 Å². The lowest BCUT2D eigenvalue weighted by molar-refractivity contribution is -0.116. The number of anilines is 2. The molecule has 0 saturated heterocycles. The third-order valence-electron chi connectivity index (χ3n) is 2.92. The molecule has 0 aliphatic heterocycles. The Morgan fingerprint density at radius 1 is 1.33 bits per heavy atom. The van der Waals surface area contributed by atoms with Crippen LogP contribution in [0.25, 0.3) is 0 Å². The highest BCUT2D eigenvalue weighted by Gasteiger charge is 2.16. The predicted molar refractivity (Wildman–Crippen MR) is 85.1 cm³/mol. The van der Waals surface area contributed by atoms with Crippen molar-refractivity contribution in [1.29, 1.82) is 0 Å². The van der Waals surface area contributed by atoms with E-state index in [1.165, 1.54) is 11.5 Å². The Hall–Kier alpha value is -2.15. The van der Waals surface area contributed by atoms with Crippen LogP contribution < -0.4 is 16.4 Å². The summed E-state index contributed by atoms with van der Waals surface area (Å²) in [7, 11) is 0. The van der Waals surface area contributed by atoms with Crippen LogP contribution in [-0.2, 0) is 11.3 Å². The molecular formula is C14H19N5OS. The van der Waals surface area contributed by atoms with Gasteiger partial charge in [-0.2, -0.15) is 4.37 Å². The van der Waals surface area contributed by atoms with Crippen molar-refractivity contribution < 1.29 is 4.79 Å². The standard InChI is InChI=1S/C14H19N5OS/c1-9(2)13-17-14(21-18-13)19(8-12(16)20)7-10-3-5-11(15)6-4-10/h3-6,9H,7-8,15H2,1-2H3,(H2,16,20). The molecule has 2 rings (SSSR count). The maximum Gasteiger partial charge on any atom is 0.237 e. The summed E-state index contributed by atoms with van der Waals surface area (Å²) in [4.78, 5) is 17.6. The molecule has 1 amide bonds. The summed E-state index contributed by atoms with van der Waals surface area (Å²) >= 11 is 1.28. The fraction of sp³-hybridized carbons (Fsp3) is 0.357. The van der Waals surface area contributed by atoms with Gasteiger partial charge in [0.05, 0.1) is 6.54 Å². The first kappa shape index (κ1) is 15.2. The molecule has 1 aromatic heterocycles. The summed E-state index contributed by atoms with van der Waals surface area (Å²) < 4.78 is 4.32. The fourth-order valence-electron chi connectivity index (χ4n) is 1.81. The molecule has 0 unspecified atom stereocenters. The monoisotopic (exact) mass is 305 g/mol. The van der Waals surface area contributed by atoms with E-state index in [1.54, 1.807) is 0 Å². The fourth-order valence-corrected chi connectivity index (χ4v) is 2.62. The van der Waals surface area contributed by atoms with Crippen LogP contribution in [-0.4, -0.2) is 21.8 Å². The van der Waals surface area contributed by atoms with E-state index in [9.17, 15) is 4.79 Å². The number of nitrogen functional groups attached to an aromatic ring is 1. The Morgan fingerprint density at radius 3 is 2.52 bits per heavy atom. The van der Waals surface area contributed by atoms with Gasteiger partial charge in [-0.3, -0.25) is 4.79 Å². The lowest BCUT2D eigenvalue weighted by Crippen LogP contribution is -2.33. The number of amides is 1. The maximum atomic E-state index is 11.3. The molecule has 1 aromatic carbocycles. The van der Waals surface area contributed by atoms with Gasteiger partial charge in [0.15, 0.2) is 0 Å². The number of rotatable bonds is 6. The van der Waals surface area contributed by atoms with E-state index < -0.39 is 5.91 Å².